The smallest absolute Gasteiger partial charge is 0.355 e. The molecule has 1 fully saturated rings. The number of ketones is 1. The van der Waals surface area contributed by atoms with E-state index in [1.807, 2.05) is 0 Å². The van der Waals surface area contributed by atoms with Gasteiger partial charge in [-0.25, -0.2) is 13.2 Å². The van der Waals surface area contributed by atoms with Gasteiger partial charge >= 0.3 is 5.97 Å². The fourth-order valence-electron chi connectivity index (χ4n) is 3.47. The molecule has 0 saturated carbocycles. The van der Waals surface area contributed by atoms with Gasteiger partial charge in [0.2, 0.25) is 21.7 Å². The fraction of sp³-hybridized carbons (Fsp3) is 0.435. The van der Waals surface area contributed by atoms with Crippen molar-refractivity contribution >= 4 is 33.4 Å². The van der Waals surface area contributed by atoms with E-state index >= 15 is 0 Å². The Morgan fingerprint density at radius 1 is 1.03 bits per heavy atom. The van der Waals surface area contributed by atoms with Crippen LogP contribution in [-0.2, 0) is 26.6 Å². The molecule has 1 atom stereocenters. The van der Waals surface area contributed by atoms with Crippen LogP contribution in [0.25, 0.3) is 0 Å². The number of benzene rings is 1. The number of nitrogens with one attached hydrogen (secondary N) is 1. The van der Waals surface area contributed by atoms with Crippen molar-refractivity contribution in [1.82, 2.24) is 8.87 Å². The molecule has 0 bridgehead atoms. The van der Waals surface area contributed by atoms with Crippen molar-refractivity contribution in [2.75, 3.05) is 18.4 Å². The molecule has 1 saturated heterocycles. The second-order valence-electron chi connectivity index (χ2n) is 8.42. The van der Waals surface area contributed by atoms with Crippen LogP contribution in [0.3, 0.4) is 0 Å². The summed E-state index contributed by atoms with van der Waals surface area (Å²) in [6, 6.07) is 7.58. The minimum absolute atomic E-state index is 0.0249. The van der Waals surface area contributed by atoms with Crippen LogP contribution in [0.5, 0.6) is 0 Å². The molecule has 1 N–H and O–H groups in total. The summed E-state index contributed by atoms with van der Waals surface area (Å²) in [6.07, 6.45) is 1.92. The number of carbonyl (C=O) groups is 3. The summed E-state index contributed by atoms with van der Waals surface area (Å²) >= 11 is 0. The molecule has 178 valence electrons. The van der Waals surface area contributed by atoms with Crippen LogP contribution >= 0.6 is 0 Å². The molecule has 1 aliphatic rings. The van der Waals surface area contributed by atoms with Crippen molar-refractivity contribution in [3.8, 4) is 0 Å². The van der Waals surface area contributed by atoms with Crippen LogP contribution in [-0.4, -0.2) is 54.1 Å². The number of anilines is 1. The lowest BCUT2D eigenvalue weighted by Gasteiger charge is -2.14. The number of aromatic nitrogens is 1. The van der Waals surface area contributed by atoms with E-state index in [0.29, 0.717) is 24.3 Å². The summed E-state index contributed by atoms with van der Waals surface area (Å²) in [5.74, 6) is -1.51. The quantitative estimate of drug-likeness (QED) is 0.464. The molecule has 9 nitrogen and oxygen atoms in total. The lowest BCUT2D eigenvalue weighted by molar-refractivity contribution is -0.118. The van der Waals surface area contributed by atoms with Crippen molar-refractivity contribution in [1.29, 1.82) is 0 Å². The monoisotopic (exact) mass is 475 g/mol. The molecule has 0 unspecified atom stereocenters. The average Bonchev–Trinajstić information content (AvgIpc) is 3.44. The van der Waals surface area contributed by atoms with Gasteiger partial charge in [0, 0.05) is 43.5 Å². The zero-order valence-electron chi connectivity index (χ0n) is 19.2. The summed E-state index contributed by atoms with van der Waals surface area (Å²) in [6.45, 7) is 5.94. The highest BCUT2D eigenvalue weighted by molar-refractivity contribution is 7.89. The molecule has 1 amide bonds. The third kappa shape index (κ3) is 5.51. The maximum atomic E-state index is 12.7. The zero-order valence-corrected chi connectivity index (χ0v) is 20.0. The van der Waals surface area contributed by atoms with E-state index in [9.17, 15) is 22.8 Å². The number of Topliss-reactive ketones (excluding diaryl/α,β-unsaturated/α-hetero) is 1. The number of hydrogen-bond acceptors (Lipinski definition) is 6. The summed E-state index contributed by atoms with van der Waals surface area (Å²) in [4.78, 5) is 37.2. The van der Waals surface area contributed by atoms with E-state index in [-0.39, 0.29) is 22.4 Å². The number of aryl methyl sites for hydroxylation is 1. The van der Waals surface area contributed by atoms with Crippen LogP contribution in [0, 0.1) is 5.92 Å². The molecular weight excluding hydrogens is 446 g/mol. The number of hydrogen-bond donors (Lipinski definition) is 1. The second-order valence-corrected chi connectivity index (χ2v) is 10.4. The summed E-state index contributed by atoms with van der Waals surface area (Å²) < 4.78 is 33.6. The van der Waals surface area contributed by atoms with E-state index in [0.717, 1.165) is 12.8 Å². The minimum Gasteiger partial charge on any atom is -0.450 e. The molecule has 2 aromatic rings. The Hall–Kier alpha value is -2.98. The number of sulfonamides is 1. The van der Waals surface area contributed by atoms with Crippen LogP contribution in [0.4, 0.5) is 5.69 Å². The Morgan fingerprint density at radius 2 is 1.64 bits per heavy atom. The molecular formula is C23H29N3O6S. The summed E-state index contributed by atoms with van der Waals surface area (Å²) in [5.41, 5.74) is 0.923. The predicted octanol–water partition coefficient (Wildman–Crippen LogP) is 2.83. The van der Waals surface area contributed by atoms with Gasteiger partial charge in [0.25, 0.3) is 0 Å². The Morgan fingerprint density at radius 3 is 2.21 bits per heavy atom. The highest BCUT2D eigenvalue weighted by Crippen LogP contribution is 2.23. The topological polar surface area (TPSA) is 115 Å². The minimum atomic E-state index is -3.67. The van der Waals surface area contributed by atoms with E-state index in [2.05, 4.69) is 5.32 Å². The van der Waals surface area contributed by atoms with Gasteiger partial charge in [-0.05, 0) is 50.1 Å². The van der Waals surface area contributed by atoms with Crippen molar-refractivity contribution in [3.05, 3.63) is 47.8 Å². The van der Waals surface area contributed by atoms with Gasteiger partial charge in [0.15, 0.2) is 6.10 Å². The SMILES string of the molecule is CC(C)C(=O)Nc1ccc(C(=O)[C@H](C)OC(=O)c2cc(S(=O)(=O)N3CCCC3)cn2C)cc1. The van der Waals surface area contributed by atoms with Gasteiger partial charge in [0.1, 0.15) is 10.6 Å². The van der Waals surface area contributed by atoms with Gasteiger partial charge < -0.3 is 14.6 Å². The van der Waals surface area contributed by atoms with Crippen LogP contribution in [0.2, 0.25) is 0 Å². The normalized spacial score (nSPS) is 15.4. The second kappa shape index (κ2) is 9.88. The lowest BCUT2D eigenvalue weighted by atomic mass is 10.1. The van der Waals surface area contributed by atoms with Crippen LogP contribution < -0.4 is 5.32 Å². The van der Waals surface area contributed by atoms with Crippen molar-refractivity contribution in [2.45, 2.75) is 44.6 Å². The number of esters is 1. The molecule has 0 spiro atoms. The molecule has 33 heavy (non-hydrogen) atoms. The first-order valence-corrected chi connectivity index (χ1v) is 12.3. The Kier molecular flexibility index (Phi) is 7.38. The molecule has 1 aromatic carbocycles. The Bertz CT molecular complexity index is 1150. The molecule has 0 aliphatic carbocycles. The number of ether oxygens (including phenoxy) is 1. The maximum absolute atomic E-state index is 12.7. The molecule has 0 radical (unpaired) electrons. The lowest BCUT2D eigenvalue weighted by Crippen LogP contribution is -2.27. The first-order chi connectivity index (χ1) is 15.5. The van der Waals surface area contributed by atoms with Gasteiger partial charge in [-0.1, -0.05) is 13.8 Å². The third-order valence-corrected chi connectivity index (χ3v) is 7.37. The van der Waals surface area contributed by atoms with Gasteiger partial charge in [-0.3, -0.25) is 9.59 Å². The average molecular weight is 476 g/mol. The zero-order chi connectivity index (χ0) is 24.3. The standard InChI is InChI=1S/C23H29N3O6S/c1-15(2)22(28)24-18-9-7-17(8-10-18)21(27)16(3)32-23(29)20-13-19(14-25(20)4)33(30,31)26-11-5-6-12-26/h7-10,13-16H,5-6,11-12H2,1-4H3,(H,24,28)/t16-/m0/s1. The first-order valence-electron chi connectivity index (χ1n) is 10.8. The Balaban J connectivity index is 1.67. The molecule has 1 aliphatic heterocycles. The van der Waals surface area contributed by atoms with E-state index in [1.54, 1.807) is 45.2 Å². The number of carbonyl (C=O) groups excluding carboxylic acids is 3. The van der Waals surface area contributed by atoms with Crippen molar-refractivity contribution < 1.29 is 27.5 Å². The molecule has 1 aromatic heterocycles. The maximum Gasteiger partial charge on any atom is 0.355 e. The van der Waals surface area contributed by atoms with Crippen LogP contribution in [0.1, 0.15) is 54.5 Å². The number of amides is 1. The van der Waals surface area contributed by atoms with Gasteiger partial charge in [-0.15, -0.1) is 0 Å². The van der Waals surface area contributed by atoms with E-state index < -0.39 is 27.9 Å². The number of nitrogens with zero attached hydrogens (tertiary/aromatic N) is 2. The Labute approximate surface area is 193 Å². The molecule has 2 heterocycles. The van der Waals surface area contributed by atoms with Crippen LogP contribution in [0.15, 0.2) is 41.4 Å². The highest BCUT2D eigenvalue weighted by atomic mass is 32.2. The highest BCUT2D eigenvalue weighted by Gasteiger charge is 2.30. The summed E-state index contributed by atoms with van der Waals surface area (Å²) in [5, 5.41) is 2.74. The van der Waals surface area contributed by atoms with Crippen molar-refractivity contribution in [3.63, 3.8) is 0 Å². The fourth-order valence-corrected chi connectivity index (χ4v) is 5.06. The summed E-state index contributed by atoms with van der Waals surface area (Å²) in [7, 11) is -2.12. The first kappa shape index (κ1) is 24.7. The van der Waals surface area contributed by atoms with Gasteiger partial charge in [0.05, 0.1) is 0 Å². The molecule has 10 heteroatoms. The van der Waals surface area contributed by atoms with E-state index in [4.69, 9.17) is 4.74 Å². The number of rotatable bonds is 8. The van der Waals surface area contributed by atoms with E-state index in [1.165, 1.54) is 28.1 Å². The predicted molar refractivity (Wildman–Crippen MR) is 123 cm³/mol. The van der Waals surface area contributed by atoms with Gasteiger partial charge in [-0.2, -0.15) is 4.31 Å². The van der Waals surface area contributed by atoms with Crippen molar-refractivity contribution in [2.24, 2.45) is 13.0 Å². The third-order valence-electron chi connectivity index (χ3n) is 5.51. The largest absolute Gasteiger partial charge is 0.450 e. The molecule has 3 rings (SSSR count).